The maximum atomic E-state index is 12.2. The number of guanidine groups is 1. The van der Waals surface area contributed by atoms with Crippen molar-refractivity contribution in [2.75, 3.05) is 33.7 Å². The molecule has 0 heterocycles. The molecule has 0 radical (unpaired) electrons. The van der Waals surface area contributed by atoms with Crippen LogP contribution < -0.4 is 15.4 Å². The number of hydrogen-bond donors (Lipinski definition) is 3. The average molecular weight is 512 g/mol. The van der Waals surface area contributed by atoms with Crippen molar-refractivity contribution in [2.24, 2.45) is 10.9 Å². The number of likely N-dealkylation sites (N-methyl/N-ethyl adjacent to an activating group) is 1. The van der Waals surface area contributed by atoms with E-state index in [-0.39, 0.29) is 36.3 Å². The highest BCUT2D eigenvalue weighted by atomic mass is 127. The summed E-state index contributed by atoms with van der Waals surface area (Å²) in [4.78, 5) is 6.86. The highest BCUT2D eigenvalue weighted by molar-refractivity contribution is 14.0. The van der Waals surface area contributed by atoms with Gasteiger partial charge in [-0.3, -0.25) is 4.99 Å². The van der Waals surface area contributed by atoms with Crippen molar-refractivity contribution < 1.29 is 18.6 Å². The van der Waals surface area contributed by atoms with Crippen molar-refractivity contribution in [3.63, 3.8) is 0 Å². The highest BCUT2D eigenvalue weighted by Crippen LogP contribution is 2.34. The third kappa shape index (κ3) is 8.44. The number of nitrogens with one attached hydrogen (secondary N) is 2. The molecule has 0 spiro atoms. The summed E-state index contributed by atoms with van der Waals surface area (Å²) in [6.45, 7) is 0.805. The Morgan fingerprint density at radius 3 is 2.39 bits per heavy atom. The molecule has 3 N–H and O–H groups in total. The van der Waals surface area contributed by atoms with Gasteiger partial charge in [0.15, 0.2) is 5.96 Å². The number of alkyl halides is 2. The van der Waals surface area contributed by atoms with Gasteiger partial charge in [-0.1, -0.05) is 12.1 Å². The van der Waals surface area contributed by atoms with Gasteiger partial charge in [-0.25, -0.2) is 0 Å². The summed E-state index contributed by atoms with van der Waals surface area (Å²) in [5.74, 6) is 1.44. The van der Waals surface area contributed by atoms with Crippen LogP contribution in [0.15, 0.2) is 29.3 Å². The number of aliphatic hydroxyl groups is 1. The number of aliphatic hydroxyl groups excluding tert-OH is 1. The molecule has 9 heteroatoms. The van der Waals surface area contributed by atoms with E-state index in [1.807, 2.05) is 6.92 Å². The quantitative estimate of drug-likeness (QED) is 0.256. The molecule has 0 aliphatic heterocycles. The number of aliphatic imine (C=N–C) groups is 1. The van der Waals surface area contributed by atoms with Gasteiger partial charge in [-0.05, 0) is 57.5 Å². The molecule has 0 aromatic heterocycles. The topological polar surface area (TPSA) is 69.1 Å². The third-order valence-electron chi connectivity index (χ3n) is 4.56. The molecule has 0 saturated heterocycles. The monoisotopic (exact) mass is 512 g/mol. The Morgan fingerprint density at radius 2 is 1.89 bits per heavy atom. The van der Waals surface area contributed by atoms with Crippen molar-refractivity contribution in [3.05, 3.63) is 29.8 Å². The first-order valence-corrected chi connectivity index (χ1v) is 9.32. The molecule has 160 valence electrons. The fourth-order valence-electron chi connectivity index (χ4n) is 2.92. The van der Waals surface area contributed by atoms with Crippen molar-refractivity contribution in [2.45, 2.75) is 38.5 Å². The molecule has 0 bridgehead atoms. The highest BCUT2D eigenvalue weighted by Gasteiger charge is 2.32. The van der Waals surface area contributed by atoms with Gasteiger partial charge in [0.2, 0.25) is 0 Å². The van der Waals surface area contributed by atoms with Crippen LogP contribution in [0.3, 0.4) is 0 Å². The Labute approximate surface area is 182 Å². The maximum absolute atomic E-state index is 12.2. The van der Waals surface area contributed by atoms with Crippen LogP contribution in [0.25, 0.3) is 0 Å². The van der Waals surface area contributed by atoms with Crippen LogP contribution in [-0.2, 0) is 0 Å². The summed E-state index contributed by atoms with van der Waals surface area (Å²) in [5, 5.41) is 16.6. The van der Waals surface area contributed by atoms with Gasteiger partial charge in [0.05, 0.1) is 12.6 Å². The van der Waals surface area contributed by atoms with Crippen LogP contribution >= 0.6 is 24.0 Å². The van der Waals surface area contributed by atoms with Crippen LogP contribution in [0.4, 0.5) is 8.78 Å². The zero-order valence-electron chi connectivity index (χ0n) is 16.6. The van der Waals surface area contributed by atoms with Gasteiger partial charge in [0.25, 0.3) is 0 Å². The Bertz CT molecular complexity index is 596. The molecule has 1 aliphatic rings. The lowest BCUT2D eigenvalue weighted by molar-refractivity contribution is -0.0498. The second-order valence-electron chi connectivity index (χ2n) is 6.93. The van der Waals surface area contributed by atoms with Crippen molar-refractivity contribution in [1.82, 2.24) is 15.5 Å². The predicted molar refractivity (Wildman–Crippen MR) is 118 cm³/mol. The van der Waals surface area contributed by atoms with Gasteiger partial charge < -0.3 is 25.4 Å². The normalized spacial score (nSPS) is 16.5. The molecule has 2 atom stereocenters. The van der Waals surface area contributed by atoms with Crippen molar-refractivity contribution >= 4 is 29.9 Å². The lowest BCUT2D eigenvalue weighted by Gasteiger charge is -2.23. The Morgan fingerprint density at radius 1 is 1.25 bits per heavy atom. The summed E-state index contributed by atoms with van der Waals surface area (Å²) in [6.07, 6.45) is 1.72. The van der Waals surface area contributed by atoms with E-state index in [1.165, 1.54) is 25.0 Å². The van der Waals surface area contributed by atoms with Gasteiger partial charge in [-0.15, -0.1) is 24.0 Å². The van der Waals surface area contributed by atoms with Crippen LogP contribution in [-0.4, -0.2) is 62.3 Å². The molecule has 1 saturated carbocycles. The summed E-state index contributed by atoms with van der Waals surface area (Å²) in [6, 6.07) is 6.41. The van der Waals surface area contributed by atoms with E-state index < -0.39 is 12.7 Å². The van der Waals surface area contributed by atoms with Gasteiger partial charge in [0.1, 0.15) is 5.75 Å². The van der Waals surface area contributed by atoms with Gasteiger partial charge >= 0.3 is 6.61 Å². The molecule has 1 aliphatic carbocycles. The molecule has 6 nitrogen and oxygen atoms in total. The van der Waals surface area contributed by atoms with E-state index in [2.05, 4.69) is 39.4 Å². The number of ether oxygens (including phenoxy) is 1. The molecule has 2 rings (SSSR count). The van der Waals surface area contributed by atoms with Crippen LogP contribution in [0.2, 0.25) is 0 Å². The molecular formula is C19H31F2IN4O2. The number of hydrogen-bond acceptors (Lipinski definition) is 4. The second kappa shape index (κ2) is 12.4. The molecule has 1 fully saturated rings. The number of benzene rings is 1. The first-order chi connectivity index (χ1) is 12.9. The Hall–Kier alpha value is -1.20. The van der Waals surface area contributed by atoms with E-state index in [9.17, 15) is 13.9 Å². The predicted octanol–water partition coefficient (Wildman–Crippen LogP) is 2.83. The molecule has 28 heavy (non-hydrogen) atoms. The van der Waals surface area contributed by atoms with Crippen molar-refractivity contribution in [3.8, 4) is 5.75 Å². The number of halogens is 3. The van der Waals surface area contributed by atoms with E-state index in [0.29, 0.717) is 30.0 Å². The smallest absolute Gasteiger partial charge is 0.387 e. The molecule has 0 amide bonds. The van der Waals surface area contributed by atoms with Crippen LogP contribution in [0, 0.1) is 5.92 Å². The van der Waals surface area contributed by atoms with Gasteiger partial charge in [0, 0.05) is 19.1 Å². The summed E-state index contributed by atoms with van der Waals surface area (Å²) in [7, 11) is 4.15. The van der Waals surface area contributed by atoms with E-state index in [1.54, 1.807) is 12.1 Å². The maximum Gasteiger partial charge on any atom is 0.387 e. The number of rotatable bonds is 10. The largest absolute Gasteiger partial charge is 0.435 e. The second-order valence-corrected chi connectivity index (χ2v) is 6.93. The average Bonchev–Trinajstić information content (AvgIpc) is 3.44. The molecule has 1 aromatic rings. The van der Waals surface area contributed by atoms with E-state index >= 15 is 0 Å². The fraction of sp³-hybridized carbons (Fsp3) is 0.632. The lowest BCUT2D eigenvalue weighted by atomic mass is 10.1. The molecule has 1 aromatic carbocycles. The standard InChI is InChI=1S/C19H30F2N4O2.HI/c1-4-22-19(23-11-16(25(2)3)13-5-6-13)24-12-17(26)14-7-9-15(10-8-14)27-18(20)21;/h7-10,13,16-18,26H,4-6,11-12H2,1-3H3,(H2,22,23,24);1H. The Kier molecular flexibility index (Phi) is 11.0. The van der Waals surface area contributed by atoms with Gasteiger partial charge in [-0.2, -0.15) is 8.78 Å². The minimum Gasteiger partial charge on any atom is -0.435 e. The minimum atomic E-state index is -2.86. The fourth-order valence-corrected chi connectivity index (χ4v) is 2.92. The lowest BCUT2D eigenvalue weighted by Crippen LogP contribution is -2.41. The number of nitrogens with zero attached hydrogens (tertiary/aromatic N) is 2. The van der Waals surface area contributed by atoms with E-state index in [0.717, 1.165) is 6.54 Å². The zero-order chi connectivity index (χ0) is 19.8. The van der Waals surface area contributed by atoms with Crippen LogP contribution in [0.5, 0.6) is 5.75 Å². The SMILES string of the molecule is CCNC(=NCC(C1CC1)N(C)C)NCC(O)c1ccc(OC(F)F)cc1.I. The molecule has 2 unspecified atom stereocenters. The van der Waals surface area contributed by atoms with Crippen molar-refractivity contribution in [1.29, 1.82) is 0 Å². The van der Waals surface area contributed by atoms with E-state index in [4.69, 9.17) is 0 Å². The summed E-state index contributed by atoms with van der Waals surface area (Å²) >= 11 is 0. The zero-order valence-corrected chi connectivity index (χ0v) is 18.9. The molecular weight excluding hydrogens is 481 g/mol. The first kappa shape index (κ1) is 24.8. The Balaban J connectivity index is 0.00000392. The summed E-state index contributed by atoms with van der Waals surface area (Å²) < 4.78 is 28.7. The van der Waals surface area contributed by atoms with Crippen LogP contribution in [0.1, 0.15) is 31.4 Å². The first-order valence-electron chi connectivity index (χ1n) is 9.32. The minimum absolute atomic E-state index is 0. The third-order valence-corrected chi connectivity index (χ3v) is 4.56. The summed E-state index contributed by atoms with van der Waals surface area (Å²) in [5.41, 5.74) is 0.615.